The molecule has 1 saturated heterocycles. The molecule has 0 spiro atoms. The van der Waals surface area contributed by atoms with Crippen LogP contribution in [-0.2, 0) is 24.4 Å². The summed E-state index contributed by atoms with van der Waals surface area (Å²) in [4.78, 5) is 18.3. The average Bonchev–Trinajstić information content (AvgIpc) is 3.14. The van der Waals surface area contributed by atoms with Crippen LogP contribution in [0.15, 0.2) is 53.5 Å². The molecule has 0 radical (unpaired) electrons. The molecule has 33 heavy (non-hydrogen) atoms. The minimum atomic E-state index is -4.75. The average molecular weight is 576 g/mol. The van der Waals surface area contributed by atoms with Gasteiger partial charge in [-0.15, -0.1) is 37.1 Å². The topological polar surface area (TPSA) is 66.0 Å². The van der Waals surface area contributed by atoms with Crippen molar-refractivity contribution < 1.29 is 22.7 Å². The number of hydrogen-bond donors (Lipinski definition) is 2. The fourth-order valence-electron chi connectivity index (χ4n) is 3.48. The third kappa shape index (κ3) is 8.75. The van der Waals surface area contributed by atoms with Crippen molar-refractivity contribution >= 4 is 35.8 Å². The Kier molecular flexibility index (Phi) is 10.3. The minimum Gasteiger partial charge on any atom is -0.405 e. The molecule has 3 rings (SSSR count). The number of alkyl halides is 3. The fourth-order valence-corrected chi connectivity index (χ4v) is 3.48. The van der Waals surface area contributed by atoms with E-state index >= 15 is 0 Å². The van der Waals surface area contributed by atoms with E-state index in [-0.39, 0.29) is 42.2 Å². The zero-order valence-electron chi connectivity index (χ0n) is 18.3. The second-order valence-corrected chi connectivity index (χ2v) is 7.44. The molecule has 0 bridgehead atoms. The zero-order chi connectivity index (χ0) is 23.0. The second-order valence-electron chi connectivity index (χ2n) is 7.44. The molecular weight excluding hydrogens is 548 g/mol. The summed E-state index contributed by atoms with van der Waals surface area (Å²) in [7, 11) is 0. The predicted octanol–water partition coefficient (Wildman–Crippen LogP) is 4.58. The maximum absolute atomic E-state index is 12.6. The molecule has 0 aromatic heterocycles. The highest BCUT2D eigenvalue weighted by molar-refractivity contribution is 14.0. The molecule has 2 aromatic rings. The number of halogens is 4. The molecule has 2 aromatic carbocycles. The van der Waals surface area contributed by atoms with E-state index in [1.807, 2.05) is 36.1 Å². The van der Waals surface area contributed by atoms with Gasteiger partial charge in [0.25, 0.3) is 0 Å². The van der Waals surface area contributed by atoms with Crippen LogP contribution in [0.4, 0.5) is 13.2 Å². The maximum atomic E-state index is 12.6. The van der Waals surface area contributed by atoms with Crippen LogP contribution in [-0.4, -0.2) is 36.2 Å². The summed E-state index contributed by atoms with van der Waals surface area (Å²) >= 11 is 0. The Hall–Kier alpha value is -2.50. The van der Waals surface area contributed by atoms with Crippen molar-refractivity contribution in [2.45, 2.75) is 45.8 Å². The van der Waals surface area contributed by atoms with Crippen molar-refractivity contribution in [1.29, 1.82) is 0 Å². The Balaban J connectivity index is 0.00000385. The van der Waals surface area contributed by atoms with Crippen LogP contribution in [0.3, 0.4) is 0 Å². The molecule has 1 fully saturated rings. The highest BCUT2D eigenvalue weighted by Crippen LogP contribution is 2.26. The van der Waals surface area contributed by atoms with E-state index < -0.39 is 6.36 Å². The Bertz CT molecular complexity index is 953. The molecule has 0 aliphatic carbocycles. The molecule has 0 unspecified atom stereocenters. The van der Waals surface area contributed by atoms with Gasteiger partial charge < -0.3 is 20.3 Å². The first-order valence-electron chi connectivity index (χ1n) is 10.6. The lowest BCUT2D eigenvalue weighted by molar-refractivity contribution is -0.274. The van der Waals surface area contributed by atoms with Crippen LogP contribution in [0, 0.1) is 0 Å². The molecule has 1 amide bonds. The summed E-state index contributed by atoms with van der Waals surface area (Å²) < 4.78 is 42.0. The van der Waals surface area contributed by atoms with Crippen molar-refractivity contribution in [3.05, 3.63) is 65.2 Å². The molecule has 1 aliphatic heterocycles. The first kappa shape index (κ1) is 26.7. The Morgan fingerprint density at radius 1 is 1.12 bits per heavy atom. The Labute approximate surface area is 208 Å². The first-order chi connectivity index (χ1) is 15.3. The zero-order valence-corrected chi connectivity index (χ0v) is 20.7. The molecule has 6 nitrogen and oxygen atoms in total. The minimum absolute atomic E-state index is 0. The molecule has 0 saturated carbocycles. The fraction of sp³-hybridized carbons (Fsp3) is 0.391. The maximum Gasteiger partial charge on any atom is 0.573 e. The Morgan fingerprint density at radius 2 is 1.88 bits per heavy atom. The van der Waals surface area contributed by atoms with Crippen molar-refractivity contribution in [3.8, 4) is 5.75 Å². The van der Waals surface area contributed by atoms with Gasteiger partial charge in [0.15, 0.2) is 5.96 Å². The third-order valence-corrected chi connectivity index (χ3v) is 4.94. The van der Waals surface area contributed by atoms with Crippen LogP contribution < -0.4 is 15.4 Å². The number of nitrogens with one attached hydrogen (secondary N) is 2. The lowest BCUT2D eigenvalue weighted by Gasteiger charge is -2.16. The van der Waals surface area contributed by atoms with Crippen LogP contribution in [0.25, 0.3) is 0 Å². The number of aliphatic imine (C=N–C) groups is 1. The number of carbonyl (C=O) groups excluding carboxylic acids is 1. The summed E-state index contributed by atoms with van der Waals surface area (Å²) in [5.74, 6) is 0.420. The van der Waals surface area contributed by atoms with Crippen molar-refractivity contribution in [3.63, 3.8) is 0 Å². The number of benzene rings is 2. The van der Waals surface area contributed by atoms with Gasteiger partial charge >= 0.3 is 6.36 Å². The smallest absolute Gasteiger partial charge is 0.405 e. The van der Waals surface area contributed by atoms with E-state index in [4.69, 9.17) is 0 Å². The molecular formula is C23H28F3IN4O2. The number of ether oxygens (including phenoxy) is 1. The van der Waals surface area contributed by atoms with Gasteiger partial charge in [0, 0.05) is 38.2 Å². The SMILES string of the molecule is CCNC(=NCc1cccc(CN2CCCC2=O)c1)NCc1ccccc1OC(F)(F)F.I. The van der Waals surface area contributed by atoms with Crippen LogP contribution >= 0.6 is 24.0 Å². The van der Waals surface area contributed by atoms with Gasteiger partial charge in [0.05, 0.1) is 6.54 Å². The molecule has 2 N–H and O–H groups in total. The molecule has 1 heterocycles. The number of rotatable bonds is 8. The van der Waals surface area contributed by atoms with E-state index in [9.17, 15) is 18.0 Å². The monoisotopic (exact) mass is 576 g/mol. The lowest BCUT2D eigenvalue weighted by Crippen LogP contribution is -2.37. The van der Waals surface area contributed by atoms with Crippen molar-refractivity contribution in [1.82, 2.24) is 15.5 Å². The van der Waals surface area contributed by atoms with Crippen molar-refractivity contribution in [2.24, 2.45) is 4.99 Å². The number of hydrogen-bond acceptors (Lipinski definition) is 3. The summed E-state index contributed by atoms with van der Waals surface area (Å²) in [5.41, 5.74) is 2.39. The number of likely N-dealkylation sites (tertiary alicyclic amines) is 1. The largest absolute Gasteiger partial charge is 0.573 e. The number of carbonyl (C=O) groups is 1. The van der Waals surface area contributed by atoms with E-state index in [1.54, 1.807) is 12.1 Å². The third-order valence-electron chi connectivity index (χ3n) is 4.94. The van der Waals surface area contributed by atoms with E-state index in [2.05, 4.69) is 20.4 Å². The summed E-state index contributed by atoms with van der Waals surface area (Å²) in [6, 6.07) is 13.9. The lowest BCUT2D eigenvalue weighted by atomic mass is 10.1. The number of guanidine groups is 1. The van der Waals surface area contributed by atoms with Gasteiger partial charge in [-0.1, -0.05) is 42.5 Å². The summed E-state index contributed by atoms with van der Waals surface area (Å²) in [5, 5.41) is 6.14. The van der Waals surface area contributed by atoms with E-state index in [1.165, 1.54) is 12.1 Å². The van der Waals surface area contributed by atoms with Gasteiger partial charge in [-0.25, -0.2) is 4.99 Å². The van der Waals surface area contributed by atoms with Gasteiger partial charge in [-0.05, 0) is 30.5 Å². The standard InChI is InChI=1S/C23H27F3N4O2.HI/c1-2-27-22(29-15-19-9-3-4-10-20(19)32-23(24,25)26)28-14-17-7-5-8-18(13-17)16-30-12-6-11-21(30)31;/h3-5,7-10,13H,2,6,11-12,14-16H2,1H3,(H2,27,28,29);1H. The van der Waals surface area contributed by atoms with Crippen LogP contribution in [0.2, 0.25) is 0 Å². The van der Waals surface area contributed by atoms with Crippen LogP contribution in [0.5, 0.6) is 5.75 Å². The normalized spacial score (nSPS) is 14.1. The van der Waals surface area contributed by atoms with E-state index in [0.29, 0.717) is 37.6 Å². The summed E-state index contributed by atoms with van der Waals surface area (Å²) in [6.45, 7) is 4.39. The first-order valence-corrected chi connectivity index (χ1v) is 10.6. The molecule has 10 heteroatoms. The highest BCUT2D eigenvalue weighted by Gasteiger charge is 2.32. The van der Waals surface area contributed by atoms with Crippen molar-refractivity contribution in [2.75, 3.05) is 13.1 Å². The Morgan fingerprint density at radius 3 is 2.58 bits per heavy atom. The quantitative estimate of drug-likeness (QED) is 0.275. The van der Waals surface area contributed by atoms with E-state index in [0.717, 1.165) is 24.1 Å². The summed E-state index contributed by atoms with van der Waals surface area (Å²) in [6.07, 6.45) is -3.24. The van der Waals surface area contributed by atoms with Gasteiger partial charge in [0.2, 0.25) is 5.91 Å². The number of nitrogens with zero attached hydrogens (tertiary/aromatic N) is 2. The van der Waals surface area contributed by atoms with Gasteiger partial charge in [-0.3, -0.25) is 4.79 Å². The van der Waals surface area contributed by atoms with Crippen LogP contribution in [0.1, 0.15) is 36.5 Å². The van der Waals surface area contributed by atoms with Gasteiger partial charge in [0.1, 0.15) is 5.75 Å². The molecule has 0 atom stereocenters. The molecule has 180 valence electrons. The predicted molar refractivity (Wildman–Crippen MR) is 131 cm³/mol. The highest BCUT2D eigenvalue weighted by atomic mass is 127. The van der Waals surface area contributed by atoms with Gasteiger partial charge in [-0.2, -0.15) is 0 Å². The molecule has 1 aliphatic rings. The number of para-hydroxylation sites is 1. The second kappa shape index (κ2) is 12.7. The number of amides is 1.